The van der Waals surface area contributed by atoms with Crippen molar-refractivity contribution in [2.45, 2.75) is 32.6 Å². The van der Waals surface area contributed by atoms with Gasteiger partial charge in [-0.3, -0.25) is 10.1 Å². The number of nitro benzene ring substituents is 1. The van der Waals surface area contributed by atoms with Crippen molar-refractivity contribution >= 4 is 17.4 Å². The first-order valence-electron chi connectivity index (χ1n) is 7.05. The molecule has 0 heterocycles. The van der Waals surface area contributed by atoms with Crippen LogP contribution in [-0.4, -0.2) is 11.0 Å². The van der Waals surface area contributed by atoms with Crippen molar-refractivity contribution < 1.29 is 9.72 Å². The Bertz CT molecular complexity index is 563. The summed E-state index contributed by atoms with van der Waals surface area (Å²) < 4.78 is 0. The highest BCUT2D eigenvalue weighted by molar-refractivity contribution is 5.92. The molecule has 1 aromatic carbocycles. The zero-order valence-electron chi connectivity index (χ0n) is 12.0. The molecule has 112 valence electrons. The fourth-order valence-electron chi connectivity index (χ4n) is 2.58. The second-order valence-corrected chi connectivity index (χ2v) is 5.24. The van der Waals surface area contributed by atoms with Crippen LogP contribution in [-0.2, 0) is 0 Å². The number of nitrogens with zero attached hydrogens (tertiary/aromatic N) is 1. The van der Waals surface area contributed by atoms with Crippen LogP contribution < -0.4 is 10.6 Å². The lowest BCUT2D eigenvalue weighted by molar-refractivity contribution is -0.383. The number of carbonyl (C=O) groups is 1. The van der Waals surface area contributed by atoms with Crippen molar-refractivity contribution in [3.63, 3.8) is 0 Å². The number of amides is 2. The Morgan fingerprint density at radius 3 is 2.67 bits per heavy atom. The van der Waals surface area contributed by atoms with E-state index < -0.39 is 11.0 Å². The van der Waals surface area contributed by atoms with Gasteiger partial charge < -0.3 is 10.6 Å². The van der Waals surface area contributed by atoms with Gasteiger partial charge in [0.05, 0.1) is 4.92 Å². The van der Waals surface area contributed by atoms with Gasteiger partial charge in [-0.25, -0.2) is 4.79 Å². The van der Waals surface area contributed by atoms with Crippen LogP contribution >= 0.6 is 0 Å². The summed E-state index contributed by atoms with van der Waals surface area (Å²) in [5.74, 6) is 0.538. The Balaban J connectivity index is 1.96. The van der Waals surface area contributed by atoms with Crippen LogP contribution in [0.2, 0.25) is 0 Å². The summed E-state index contributed by atoms with van der Waals surface area (Å²) in [5, 5.41) is 16.0. The van der Waals surface area contributed by atoms with E-state index >= 15 is 0 Å². The zero-order chi connectivity index (χ0) is 15.2. The minimum atomic E-state index is -0.519. The molecule has 1 aliphatic carbocycles. The van der Waals surface area contributed by atoms with E-state index in [2.05, 4.69) is 10.6 Å². The molecule has 2 rings (SSSR count). The van der Waals surface area contributed by atoms with E-state index in [1.165, 1.54) is 25.0 Å². The number of hydrogen-bond donors (Lipinski definition) is 2. The molecule has 21 heavy (non-hydrogen) atoms. The standard InChI is InChI=1S/C15H19N3O3/c1-11(12-6-2-3-7-12)10-16-15(19)17-13-8-4-5-9-14(13)18(20)21/h4-5,8-10,12H,2-3,6-7H2,1H3,(H2,16,17,19)/b11-10+. The molecule has 0 aromatic heterocycles. The second-order valence-electron chi connectivity index (χ2n) is 5.24. The van der Waals surface area contributed by atoms with Crippen LogP contribution in [0.4, 0.5) is 16.2 Å². The van der Waals surface area contributed by atoms with E-state index in [-0.39, 0.29) is 11.4 Å². The molecule has 2 amide bonds. The number of para-hydroxylation sites is 2. The highest BCUT2D eigenvalue weighted by atomic mass is 16.6. The van der Waals surface area contributed by atoms with Crippen molar-refractivity contribution in [1.82, 2.24) is 5.32 Å². The molecule has 1 aliphatic rings. The summed E-state index contributed by atoms with van der Waals surface area (Å²) in [5.41, 5.74) is 1.21. The monoisotopic (exact) mass is 289 g/mol. The van der Waals surface area contributed by atoms with Crippen molar-refractivity contribution in [2.75, 3.05) is 5.32 Å². The van der Waals surface area contributed by atoms with Crippen molar-refractivity contribution in [3.05, 3.63) is 46.2 Å². The molecule has 0 atom stereocenters. The first-order valence-corrected chi connectivity index (χ1v) is 7.05. The zero-order valence-corrected chi connectivity index (χ0v) is 12.0. The van der Waals surface area contributed by atoms with Crippen LogP contribution in [0.5, 0.6) is 0 Å². The number of rotatable bonds is 4. The summed E-state index contributed by atoms with van der Waals surface area (Å²) in [4.78, 5) is 22.2. The van der Waals surface area contributed by atoms with Crippen LogP contribution in [0, 0.1) is 16.0 Å². The van der Waals surface area contributed by atoms with E-state index in [0.29, 0.717) is 5.92 Å². The summed E-state index contributed by atoms with van der Waals surface area (Å²) in [6, 6.07) is 5.59. The van der Waals surface area contributed by atoms with E-state index in [0.717, 1.165) is 18.4 Å². The normalized spacial score (nSPS) is 15.8. The fraction of sp³-hybridized carbons (Fsp3) is 0.400. The Labute approximate surface area is 123 Å². The minimum Gasteiger partial charge on any atom is -0.314 e. The third kappa shape index (κ3) is 4.05. The van der Waals surface area contributed by atoms with E-state index in [9.17, 15) is 14.9 Å². The molecule has 1 saturated carbocycles. The summed E-state index contributed by atoms with van der Waals surface area (Å²) in [6.45, 7) is 2.00. The number of hydrogen-bond acceptors (Lipinski definition) is 3. The molecule has 6 heteroatoms. The quantitative estimate of drug-likeness (QED) is 0.653. The van der Waals surface area contributed by atoms with Crippen molar-refractivity contribution in [2.24, 2.45) is 5.92 Å². The van der Waals surface area contributed by atoms with Gasteiger partial charge in [0.25, 0.3) is 5.69 Å². The van der Waals surface area contributed by atoms with Crippen LogP contribution in [0.25, 0.3) is 0 Å². The molecule has 1 aromatic rings. The van der Waals surface area contributed by atoms with Gasteiger partial charge >= 0.3 is 6.03 Å². The average Bonchev–Trinajstić information content (AvgIpc) is 2.99. The minimum absolute atomic E-state index is 0.121. The molecule has 0 unspecified atom stereocenters. The predicted octanol–water partition coefficient (Wildman–Crippen LogP) is 3.81. The number of urea groups is 1. The average molecular weight is 289 g/mol. The largest absolute Gasteiger partial charge is 0.323 e. The molecular weight excluding hydrogens is 270 g/mol. The lowest BCUT2D eigenvalue weighted by Crippen LogP contribution is -2.25. The Morgan fingerprint density at radius 1 is 1.33 bits per heavy atom. The maximum atomic E-state index is 11.8. The number of benzene rings is 1. The Kier molecular flexibility index (Phi) is 4.92. The lowest BCUT2D eigenvalue weighted by atomic mass is 10.0. The second kappa shape index (κ2) is 6.88. The van der Waals surface area contributed by atoms with Crippen LogP contribution in [0.15, 0.2) is 36.0 Å². The molecule has 0 spiro atoms. The molecule has 0 radical (unpaired) electrons. The summed E-state index contributed by atoms with van der Waals surface area (Å²) in [6.07, 6.45) is 6.49. The fourth-order valence-corrected chi connectivity index (χ4v) is 2.58. The predicted molar refractivity (Wildman–Crippen MR) is 81.0 cm³/mol. The first-order chi connectivity index (χ1) is 10.1. The van der Waals surface area contributed by atoms with Crippen molar-refractivity contribution in [1.29, 1.82) is 0 Å². The SMILES string of the molecule is C/C(=C\NC(=O)Nc1ccccc1[N+](=O)[O-])C1CCCC1. The number of nitro groups is 1. The Hall–Kier alpha value is -2.37. The topological polar surface area (TPSA) is 84.3 Å². The molecular formula is C15H19N3O3. The first kappa shape index (κ1) is 15.0. The van der Waals surface area contributed by atoms with E-state index in [1.54, 1.807) is 18.3 Å². The van der Waals surface area contributed by atoms with Gasteiger partial charge in [0.2, 0.25) is 0 Å². The van der Waals surface area contributed by atoms with Gasteiger partial charge in [-0.1, -0.05) is 30.5 Å². The number of nitrogens with one attached hydrogen (secondary N) is 2. The van der Waals surface area contributed by atoms with Gasteiger partial charge in [-0.2, -0.15) is 0 Å². The van der Waals surface area contributed by atoms with Gasteiger partial charge in [0.15, 0.2) is 0 Å². The molecule has 2 N–H and O–H groups in total. The maximum Gasteiger partial charge on any atom is 0.323 e. The maximum absolute atomic E-state index is 11.8. The van der Waals surface area contributed by atoms with E-state index in [4.69, 9.17) is 0 Å². The smallest absolute Gasteiger partial charge is 0.314 e. The molecule has 1 fully saturated rings. The van der Waals surface area contributed by atoms with E-state index in [1.807, 2.05) is 6.92 Å². The highest BCUT2D eigenvalue weighted by Gasteiger charge is 2.17. The third-order valence-corrected chi connectivity index (χ3v) is 3.78. The number of anilines is 1. The third-order valence-electron chi connectivity index (χ3n) is 3.78. The highest BCUT2D eigenvalue weighted by Crippen LogP contribution is 2.30. The molecule has 0 aliphatic heterocycles. The van der Waals surface area contributed by atoms with Gasteiger partial charge in [-0.15, -0.1) is 0 Å². The van der Waals surface area contributed by atoms with Crippen molar-refractivity contribution in [3.8, 4) is 0 Å². The summed E-state index contributed by atoms with van der Waals surface area (Å²) in [7, 11) is 0. The Morgan fingerprint density at radius 2 is 2.00 bits per heavy atom. The lowest BCUT2D eigenvalue weighted by Gasteiger charge is -2.10. The number of allylic oxidation sites excluding steroid dienone is 1. The van der Waals surface area contributed by atoms with Crippen LogP contribution in [0.3, 0.4) is 0 Å². The molecule has 6 nitrogen and oxygen atoms in total. The summed E-state index contributed by atoms with van der Waals surface area (Å²) >= 11 is 0. The van der Waals surface area contributed by atoms with Gasteiger partial charge in [-0.05, 0) is 31.7 Å². The number of carbonyl (C=O) groups excluding carboxylic acids is 1. The molecule has 0 bridgehead atoms. The van der Waals surface area contributed by atoms with Gasteiger partial charge in [0, 0.05) is 12.3 Å². The molecule has 0 saturated heterocycles. The van der Waals surface area contributed by atoms with Crippen LogP contribution in [0.1, 0.15) is 32.6 Å². The van der Waals surface area contributed by atoms with Gasteiger partial charge in [0.1, 0.15) is 5.69 Å².